The molecule has 38 heavy (non-hydrogen) atoms. The quantitative estimate of drug-likeness (QED) is 0.234. The van der Waals surface area contributed by atoms with Crippen molar-refractivity contribution in [2.45, 2.75) is 26.3 Å². The minimum Gasteiger partial charge on any atom is -0.496 e. The molecule has 4 aromatic rings. The monoisotopic (exact) mass is 517 g/mol. The van der Waals surface area contributed by atoms with Crippen molar-refractivity contribution in [1.82, 2.24) is 10.3 Å². The second-order valence-corrected chi connectivity index (χ2v) is 9.15. The molecular weight excluding hydrogens is 486 g/mol. The lowest BCUT2D eigenvalue weighted by molar-refractivity contribution is -0.136. The van der Waals surface area contributed by atoms with Crippen molar-refractivity contribution in [1.29, 1.82) is 0 Å². The normalized spacial score (nSPS) is 11.8. The topological polar surface area (TPSA) is 123 Å². The molecular formula is C29H31N3O6. The number of hydrogen-bond acceptors (Lipinski definition) is 7. The number of anilines is 1. The maximum Gasteiger partial charge on any atom is 0.305 e. The number of aliphatic carboxylic acids is 1. The molecule has 0 saturated carbocycles. The average Bonchev–Trinajstić information content (AvgIpc) is 3.35. The number of nitrogens with zero attached hydrogens (tertiary/aromatic N) is 1. The molecule has 9 nitrogen and oxygen atoms in total. The zero-order valence-electron chi connectivity index (χ0n) is 21.6. The van der Waals surface area contributed by atoms with E-state index in [0.717, 1.165) is 22.3 Å². The van der Waals surface area contributed by atoms with Crippen LogP contribution < -0.4 is 20.1 Å². The molecule has 2 aromatic heterocycles. The van der Waals surface area contributed by atoms with Crippen molar-refractivity contribution >= 4 is 28.7 Å². The number of carbonyl (C=O) groups is 2. The van der Waals surface area contributed by atoms with E-state index in [9.17, 15) is 9.59 Å². The molecule has 0 radical (unpaired) electrons. The van der Waals surface area contributed by atoms with Crippen molar-refractivity contribution < 1.29 is 28.6 Å². The lowest BCUT2D eigenvalue weighted by Crippen LogP contribution is -2.32. The van der Waals surface area contributed by atoms with E-state index in [2.05, 4.69) is 29.5 Å². The molecule has 198 valence electrons. The fourth-order valence-corrected chi connectivity index (χ4v) is 3.85. The van der Waals surface area contributed by atoms with Crippen molar-refractivity contribution in [2.75, 3.05) is 25.6 Å². The second-order valence-electron chi connectivity index (χ2n) is 9.15. The Morgan fingerprint density at radius 3 is 2.58 bits per heavy atom. The summed E-state index contributed by atoms with van der Waals surface area (Å²) in [6.45, 7) is 4.60. The summed E-state index contributed by atoms with van der Waals surface area (Å²) in [4.78, 5) is 27.1. The molecule has 2 heterocycles. The first-order chi connectivity index (χ1) is 18.3. The van der Waals surface area contributed by atoms with Crippen molar-refractivity contribution in [2.24, 2.45) is 5.92 Å². The van der Waals surface area contributed by atoms with Crippen LogP contribution in [0.5, 0.6) is 11.5 Å². The number of rotatable bonds is 12. The van der Waals surface area contributed by atoms with Gasteiger partial charge in [0.15, 0.2) is 0 Å². The molecule has 1 atom stereocenters. The molecule has 1 amide bonds. The smallest absolute Gasteiger partial charge is 0.305 e. The van der Waals surface area contributed by atoms with Gasteiger partial charge in [0.25, 0.3) is 5.91 Å². The van der Waals surface area contributed by atoms with Gasteiger partial charge in [-0.15, -0.1) is 0 Å². The standard InChI is InChI=1S/C29H31N3O6/c1-18(2)23(32-27-11-8-20(16-31-27)29(35)30-13-12-28(33)34)17-37-21-9-10-22(25(15-21)36-3)26-14-19-6-4-5-7-24(19)38-26/h4-11,14-16,18,23H,12-13,17H2,1-3H3,(H,30,35)(H,31,32)(H,33,34)/t23-/m1/s1. The van der Waals surface area contributed by atoms with E-state index in [1.165, 1.54) is 6.20 Å². The predicted molar refractivity (Wildman–Crippen MR) is 145 cm³/mol. The third-order valence-electron chi connectivity index (χ3n) is 6.08. The number of carboxylic acids is 1. The molecule has 9 heteroatoms. The number of fused-ring (bicyclic) bond motifs is 1. The molecule has 0 bridgehead atoms. The van der Waals surface area contributed by atoms with Gasteiger partial charge < -0.3 is 29.6 Å². The number of furan rings is 1. The number of carboxylic acid groups (broad SMARTS) is 1. The zero-order chi connectivity index (χ0) is 27.1. The minimum atomic E-state index is -0.967. The van der Waals surface area contributed by atoms with Gasteiger partial charge in [0, 0.05) is 24.2 Å². The van der Waals surface area contributed by atoms with E-state index in [1.807, 2.05) is 48.5 Å². The fourth-order valence-electron chi connectivity index (χ4n) is 3.85. The molecule has 0 aliphatic carbocycles. The van der Waals surface area contributed by atoms with Crippen molar-refractivity contribution in [3.05, 3.63) is 72.4 Å². The molecule has 3 N–H and O–H groups in total. The van der Waals surface area contributed by atoms with Crippen LogP contribution in [0, 0.1) is 5.92 Å². The molecule has 0 aliphatic heterocycles. The lowest BCUT2D eigenvalue weighted by atomic mass is 10.1. The largest absolute Gasteiger partial charge is 0.496 e. The first-order valence-electron chi connectivity index (χ1n) is 12.4. The van der Waals surface area contributed by atoms with E-state index in [0.29, 0.717) is 29.5 Å². The van der Waals surface area contributed by atoms with Gasteiger partial charge in [-0.3, -0.25) is 9.59 Å². The Hall–Kier alpha value is -4.53. The Labute approximate surface area is 220 Å². The predicted octanol–water partition coefficient (Wildman–Crippen LogP) is 5.22. The molecule has 4 rings (SSSR count). The number of carbonyl (C=O) groups excluding carboxylic acids is 1. The molecule has 0 aliphatic rings. The van der Waals surface area contributed by atoms with E-state index in [-0.39, 0.29) is 30.8 Å². The number of benzene rings is 2. The Kier molecular flexibility index (Phi) is 8.47. The molecule has 0 saturated heterocycles. The summed E-state index contributed by atoms with van der Waals surface area (Å²) in [6, 6.07) is 18.8. The van der Waals surface area contributed by atoms with Crippen molar-refractivity contribution in [3.63, 3.8) is 0 Å². The fraction of sp³-hybridized carbons (Fsp3) is 0.276. The van der Waals surface area contributed by atoms with Crippen LogP contribution in [0.3, 0.4) is 0 Å². The van der Waals surface area contributed by atoms with Gasteiger partial charge in [-0.1, -0.05) is 32.0 Å². The highest BCUT2D eigenvalue weighted by atomic mass is 16.5. The molecule has 0 fully saturated rings. The van der Waals surface area contributed by atoms with Crippen LogP contribution in [0.15, 0.2) is 71.3 Å². The van der Waals surface area contributed by atoms with Gasteiger partial charge in [-0.25, -0.2) is 4.98 Å². The lowest BCUT2D eigenvalue weighted by Gasteiger charge is -2.23. The highest BCUT2D eigenvalue weighted by Gasteiger charge is 2.17. The SMILES string of the molecule is COc1cc(OC[C@@H](Nc2ccc(C(=O)NCCC(=O)O)cn2)C(C)C)ccc1-c1cc2ccccc2o1. The Morgan fingerprint density at radius 2 is 1.89 bits per heavy atom. The van der Waals surface area contributed by atoms with Gasteiger partial charge in [-0.2, -0.15) is 0 Å². The summed E-state index contributed by atoms with van der Waals surface area (Å²) in [5.74, 6) is 1.53. The number of aromatic nitrogens is 1. The number of nitrogens with one attached hydrogen (secondary N) is 2. The van der Waals surface area contributed by atoms with Gasteiger partial charge in [0.05, 0.1) is 30.7 Å². The second kappa shape index (κ2) is 12.1. The third kappa shape index (κ3) is 6.61. The van der Waals surface area contributed by atoms with Crippen LogP contribution in [0.25, 0.3) is 22.3 Å². The summed E-state index contributed by atoms with van der Waals surface area (Å²) in [5.41, 5.74) is 2.01. The van der Waals surface area contributed by atoms with Crippen LogP contribution >= 0.6 is 0 Å². The first-order valence-corrected chi connectivity index (χ1v) is 12.4. The summed E-state index contributed by atoms with van der Waals surface area (Å²) < 4.78 is 17.7. The third-order valence-corrected chi connectivity index (χ3v) is 6.08. The van der Waals surface area contributed by atoms with Crippen LogP contribution in [0.2, 0.25) is 0 Å². The minimum absolute atomic E-state index is 0.0567. The first kappa shape index (κ1) is 26.5. The summed E-state index contributed by atoms with van der Waals surface area (Å²) in [6.07, 6.45) is 1.32. The summed E-state index contributed by atoms with van der Waals surface area (Å²) in [5, 5.41) is 15.6. The Morgan fingerprint density at radius 1 is 1.08 bits per heavy atom. The number of para-hydroxylation sites is 1. The molecule has 0 spiro atoms. The van der Waals surface area contributed by atoms with E-state index in [4.69, 9.17) is 19.0 Å². The van der Waals surface area contributed by atoms with Gasteiger partial charge in [0.1, 0.15) is 35.3 Å². The van der Waals surface area contributed by atoms with E-state index in [1.54, 1.807) is 19.2 Å². The van der Waals surface area contributed by atoms with Gasteiger partial charge >= 0.3 is 5.97 Å². The molecule has 0 unspecified atom stereocenters. The van der Waals surface area contributed by atoms with Gasteiger partial charge in [0.2, 0.25) is 0 Å². The van der Waals surface area contributed by atoms with Crippen molar-refractivity contribution in [3.8, 4) is 22.8 Å². The maximum absolute atomic E-state index is 12.1. The number of pyridine rings is 1. The number of amides is 1. The zero-order valence-corrected chi connectivity index (χ0v) is 21.6. The number of ether oxygens (including phenoxy) is 2. The number of methoxy groups -OCH3 is 1. The highest BCUT2D eigenvalue weighted by molar-refractivity contribution is 5.94. The maximum atomic E-state index is 12.1. The Bertz CT molecular complexity index is 1360. The van der Waals surface area contributed by atoms with Crippen LogP contribution in [-0.2, 0) is 4.79 Å². The van der Waals surface area contributed by atoms with Crippen LogP contribution in [-0.4, -0.2) is 48.3 Å². The molecule has 2 aromatic carbocycles. The van der Waals surface area contributed by atoms with Crippen LogP contribution in [0.1, 0.15) is 30.6 Å². The van der Waals surface area contributed by atoms with E-state index >= 15 is 0 Å². The Balaban J connectivity index is 1.39. The van der Waals surface area contributed by atoms with E-state index < -0.39 is 5.97 Å². The highest BCUT2D eigenvalue weighted by Crippen LogP contribution is 2.36. The summed E-state index contributed by atoms with van der Waals surface area (Å²) >= 11 is 0. The average molecular weight is 518 g/mol. The summed E-state index contributed by atoms with van der Waals surface area (Å²) in [7, 11) is 1.62. The van der Waals surface area contributed by atoms with Gasteiger partial charge in [-0.05, 0) is 42.3 Å². The van der Waals surface area contributed by atoms with Crippen LogP contribution in [0.4, 0.5) is 5.82 Å². The number of hydrogen-bond donors (Lipinski definition) is 3.